The lowest BCUT2D eigenvalue weighted by Gasteiger charge is -2.33. The number of benzene rings is 1. The number of carbonyl (C=O) groups excluding carboxylic acids is 1. The molecule has 1 unspecified atom stereocenters. The van der Waals surface area contributed by atoms with Crippen LogP contribution in [0, 0.1) is 5.82 Å². The van der Waals surface area contributed by atoms with E-state index in [9.17, 15) is 9.18 Å². The van der Waals surface area contributed by atoms with Gasteiger partial charge < -0.3 is 10.2 Å². The van der Waals surface area contributed by atoms with E-state index in [4.69, 9.17) is 0 Å². The molecule has 3 rings (SSSR count). The molecule has 1 heterocycles. The Bertz CT molecular complexity index is 509. The second-order valence-corrected chi connectivity index (χ2v) is 5.88. The third-order valence-corrected chi connectivity index (χ3v) is 4.56. The number of rotatable bonds is 2. The first-order valence-corrected chi connectivity index (χ1v) is 7.43. The molecule has 0 spiro atoms. The van der Waals surface area contributed by atoms with Crippen molar-refractivity contribution in [2.75, 3.05) is 13.1 Å². The third kappa shape index (κ3) is 2.70. The van der Waals surface area contributed by atoms with Crippen LogP contribution in [0.4, 0.5) is 4.39 Å². The first kappa shape index (κ1) is 13.6. The van der Waals surface area contributed by atoms with Crippen LogP contribution in [0.3, 0.4) is 0 Å². The number of hydrogen-bond donors (Lipinski definition) is 1. The molecule has 1 fully saturated rings. The fraction of sp³-hybridized carbons (Fsp3) is 0.562. The Labute approximate surface area is 119 Å². The van der Waals surface area contributed by atoms with Crippen molar-refractivity contribution in [3.05, 3.63) is 35.1 Å². The molecular formula is C16H21FN2O. The molecule has 1 aliphatic heterocycles. The lowest BCUT2D eigenvalue weighted by molar-refractivity contribution is -0.129. The lowest BCUT2D eigenvalue weighted by Crippen LogP contribution is -2.44. The quantitative estimate of drug-likeness (QED) is 0.899. The fourth-order valence-electron chi connectivity index (χ4n) is 3.40. The minimum Gasteiger partial charge on any atom is -0.343 e. The van der Waals surface area contributed by atoms with Crippen LogP contribution in [0.25, 0.3) is 0 Å². The molecule has 1 saturated heterocycles. The molecule has 108 valence electrons. The summed E-state index contributed by atoms with van der Waals surface area (Å²) >= 11 is 0. The van der Waals surface area contributed by atoms with E-state index in [0.717, 1.165) is 44.3 Å². The standard InChI is InChI=1S/C16H21FN2O/c1-11(20)19-8-6-14(7-9-19)18-16-5-2-12-10-13(17)3-4-15(12)16/h3-4,10,14,16,18H,2,5-9H2,1H3. The Balaban J connectivity index is 1.60. The van der Waals surface area contributed by atoms with E-state index in [2.05, 4.69) is 5.32 Å². The van der Waals surface area contributed by atoms with Crippen molar-refractivity contribution in [1.82, 2.24) is 10.2 Å². The van der Waals surface area contributed by atoms with Crippen molar-refractivity contribution < 1.29 is 9.18 Å². The Morgan fingerprint density at radius 1 is 1.30 bits per heavy atom. The van der Waals surface area contributed by atoms with Crippen LogP contribution in [-0.2, 0) is 11.2 Å². The average Bonchev–Trinajstić information content (AvgIpc) is 2.81. The van der Waals surface area contributed by atoms with Crippen molar-refractivity contribution in [3.63, 3.8) is 0 Å². The number of likely N-dealkylation sites (tertiary alicyclic amines) is 1. The van der Waals surface area contributed by atoms with Crippen molar-refractivity contribution in [2.24, 2.45) is 0 Å². The number of fused-ring (bicyclic) bond motifs is 1. The minimum atomic E-state index is -0.140. The maximum Gasteiger partial charge on any atom is 0.219 e. The van der Waals surface area contributed by atoms with E-state index >= 15 is 0 Å². The molecule has 20 heavy (non-hydrogen) atoms. The largest absolute Gasteiger partial charge is 0.343 e. The topological polar surface area (TPSA) is 32.3 Å². The second-order valence-electron chi connectivity index (χ2n) is 5.88. The van der Waals surface area contributed by atoms with Gasteiger partial charge in [0.2, 0.25) is 5.91 Å². The summed E-state index contributed by atoms with van der Waals surface area (Å²) in [6, 6.07) is 5.94. The summed E-state index contributed by atoms with van der Waals surface area (Å²) in [5.41, 5.74) is 2.39. The maximum absolute atomic E-state index is 13.2. The first-order chi connectivity index (χ1) is 9.63. The average molecular weight is 276 g/mol. The molecule has 2 aliphatic rings. The Morgan fingerprint density at radius 3 is 2.75 bits per heavy atom. The molecule has 4 heteroatoms. The van der Waals surface area contributed by atoms with Crippen LogP contribution in [0.15, 0.2) is 18.2 Å². The zero-order chi connectivity index (χ0) is 14.1. The van der Waals surface area contributed by atoms with Crippen molar-refractivity contribution in [3.8, 4) is 0 Å². The minimum absolute atomic E-state index is 0.140. The highest BCUT2D eigenvalue weighted by atomic mass is 19.1. The van der Waals surface area contributed by atoms with Crippen LogP contribution < -0.4 is 5.32 Å². The molecule has 1 aromatic rings. The summed E-state index contributed by atoms with van der Waals surface area (Å²) in [6.45, 7) is 3.32. The molecule has 1 aromatic carbocycles. The third-order valence-electron chi connectivity index (χ3n) is 4.56. The van der Waals surface area contributed by atoms with Crippen LogP contribution in [0.1, 0.15) is 43.4 Å². The second kappa shape index (κ2) is 5.52. The molecular weight excluding hydrogens is 255 g/mol. The van der Waals surface area contributed by atoms with Gasteiger partial charge in [-0.05, 0) is 48.9 Å². The van der Waals surface area contributed by atoms with Crippen LogP contribution in [-0.4, -0.2) is 29.9 Å². The highest BCUT2D eigenvalue weighted by molar-refractivity contribution is 5.73. The first-order valence-electron chi connectivity index (χ1n) is 7.43. The molecule has 1 amide bonds. The lowest BCUT2D eigenvalue weighted by atomic mass is 10.0. The number of nitrogens with zero attached hydrogens (tertiary/aromatic N) is 1. The number of nitrogens with one attached hydrogen (secondary N) is 1. The van der Waals surface area contributed by atoms with Gasteiger partial charge >= 0.3 is 0 Å². The molecule has 1 aliphatic carbocycles. The van der Waals surface area contributed by atoms with Crippen LogP contribution in [0.5, 0.6) is 0 Å². The fourth-order valence-corrected chi connectivity index (χ4v) is 3.40. The van der Waals surface area contributed by atoms with E-state index in [1.807, 2.05) is 11.0 Å². The molecule has 0 aromatic heterocycles. The van der Waals surface area contributed by atoms with Crippen LogP contribution in [0.2, 0.25) is 0 Å². The SMILES string of the molecule is CC(=O)N1CCC(NC2CCc3cc(F)ccc32)CC1. The van der Waals surface area contributed by atoms with Gasteiger partial charge in [0.1, 0.15) is 5.82 Å². The summed E-state index contributed by atoms with van der Waals surface area (Å²) in [5.74, 6) is 0.0318. The van der Waals surface area contributed by atoms with E-state index in [1.165, 1.54) is 5.56 Å². The molecule has 0 radical (unpaired) electrons. The highest BCUT2D eigenvalue weighted by Gasteiger charge is 2.27. The van der Waals surface area contributed by atoms with Gasteiger partial charge in [-0.3, -0.25) is 4.79 Å². The summed E-state index contributed by atoms with van der Waals surface area (Å²) < 4.78 is 13.2. The highest BCUT2D eigenvalue weighted by Crippen LogP contribution is 2.32. The van der Waals surface area contributed by atoms with Gasteiger partial charge in [-0.25, -0.2) is 4.39 Å². The Hall–Kier alpha value is -1.42. The normalized spacial score (nSPS) is 22.9. The van der Waals surface area contributed by atoms with E-state index in [-0.39, 0.29) is 11.7 Å². The smallest absolute Gasteiger partial charge is 0.219 e. The van der Waals surface area contributed by atoms with Crippen molar-refractivity contribution in [1.29, 1.82) is 0 Å². The van der Waals surface area contributed by atoms with Gasteiger partial charge in [0.15, 0.2) is 0 Å². The molecule has 0 bridgehead atoms. The zero-order valence-corrected chi connectivity index (χ0v) is 11.9. The number of amides is 1. The summed E-state index contributed by atoms with van der Waals surface area (Å²) in [6.07, 6.45) is 4.02. The zero-order valence-electron chi connectivity index (χ0n) is 11.9. The Kier molecular flexibility index (Phi) is 3.74. The maximum atomic E-state index is 13.2. The van der Waals surface area contributed by atoms with Gasteiger partial charge in [0, 0.05) is 32.1 Å². The summed E-state index contributed by atoms with van der Waals surface area (Å²) in [7, 11) is 0. The van der Waals surface area contributed by atoms with Crippen molar-refractivity contribution >= 4 is 5.91 Å². The summed E-state index contributed by atoms with van der Waals surface area (Å²) in [5, 5.41) is 3.69. The predicted octanol–water partition coefficient (Wildman–Crippen LogP) is 2.41. The molecule has 1 atom stereocenters. The van der Waals surface area contributed by atoms with E-state index in [1.54, 1.807) is 19.1 Å². The number of piperidine rings is 1. The van der Waals surface area contributed by atoms with Crippen LogP contribution >= 0.6 is 0 Å². The molecule has 1 N–H and O–H groups in total. The van der Waals surface area contributed by atoms with Gasteiger partial charge in [-0.1, -0.05) is 6.07 Å². The van der Waals surface area contributed by atoms with E-state index < -0.39 is 0 Å². The molecule has 3 nitrogen and oxygen atoms in total. The van der Waals surface area contributed by atoms with Gasteiger partial charge in [0.25, 0.3) is 0 Å². The monoisotopic (exact) mass is 276 g/mol. The van der Waals surface area contributed by atoms with Gasteiger partial charge in [-0.2, -0.15) is 0 Å². The number of halogens is 1. The van der Waals surface area contributed by atoms with E-state index in [0.29, 0.717) is 12.1 Å². The summed E-state index contributed by atoms with van der Waals surface area (Å²) in [4.78, 5) is 13.2. The van der Waals surface area contributed by atoms with Gasteiger partial charge in [-0.15, -0.1) is 0 Å². The van der Waals surface area contributed by atoms with Crippen molar-refractivity contribution in [2.45, 2.75) is 44.7 Å². The predicted molar refractivity (Wildman–Crippen MR) is 75.9 cm³/mol. The number of hydrogen-bond acceptors (Lipinski definition) is 2. The Morgan fingerprint density at radius 2 is 2.05 bits per heavy atom. The number of aryl methyl sites for hydroxylation is 1. The molecule has 0 saturated carbocycles. The van der Waals surface area contributed by atoms with Gasteiger partial charge in [0.05, 0.1) is 0 Å². The number of carbonyl (C=O) groups is 1.